The van der Waals surface area contributed by atoms with Gasteiger partial charge in [-0.1, -0.05) is 6.92 Å². The molecule has 2 unspecified atom stereocenters. The van der Waals surface area contributed by atoms with E-state index in [0.717, 1.165) is 18.6 Å². The van der Waals surface area contributed by atoms with Crippen LogP contribution in [0.3, 0.4) is 0 Å². The highest BCUT2D eigenvalue weighted by atomic mass is 32.1. The average molecular weight is 320 g/mol. The van der Waals surface area contributed by atoms with Crippen LogP contribution in [0.4, 0.5) is 0 Å². The Hall–Kier alpha value is -1.66. The van der Waals surface area contributed by atoms with Crippen LogP contribution in [0, 0.1) is 12.8 Å². The van der Waals surface area contributed by atoms with Gasteiger partial charge in [0.2, 0.25) is 0 Å². The van der Waals surface area contributed by atoms with Crippen LogP contribution in [0.25, 0.3) is 10.8 Å². The van der Waals surface area contributed by atoms with Crippen LogP contribution in [-0.2, 0) is 0 Å². The Morgan fingerprint density at radius 3 is 3.05 bits per heavy atom. The van der Waals surface area contributed by atoms with Gasteiger partial charge in [-0.05, 0) is 37.8 Å². The fraction of sp³-hybridized carbons (Fsp3) is 0.500. The van der Waals surface area contributed by atoms with Crippen molar-refractivity contribution in [1.82, 2.24) is 9.88 Å². The Labute approximate surface area is 133 Å². The van der Waals surface area contributed by atoms with E-state index in [4.69, 9.17) is 4.42 Å². The van der Waals surface area contributed by atoms with E-state index >= 15 is 0 Å². The minimum atomic E-state index is -0.114. The van der Waals surface area contributed by atoms with Gasteiger partial charge < -0.3 is 14.4 Å². The molecule has 118 valence electrons. The summed E-state index contributed by atoms with van der Waals surface area (Å²) >= 11 is 1.40. The van der Waals surface area contributed by atoms with Gasteiger partial charge in [-0.25, -0.2) is 4.98 Å². The van der Waals surface area contributed by atoms with Gasteiger partial charge in [0.25, 0.3) is 5.91 Å². The first-order valence-electron chi connectivity index (χ1n) is 7.54. The number of nitrogens with zero attached hydrogens (tertiary/aromatic N) is 2. The lowest BCUT2D eigenvalue weighted by atomic mass is 9.91. The maximum atomic E-state index is 12.7. The maximum absolute atomic E-state index is 12.7. The first-order chi connectivity index (χ1) is 10.6. The fourth-order valence-electron chi connectivity index (χ4n) is 2.96. The molecule has 2 aromatic rings. The molecule has 0 aromatic carbocycles. The SMILES string of the molecule is Cc1ccc(-c2nc(C(=O)N3CCCC(C)C3CO)cs2)o1. The predicted octanol–water partition coefficient (Wildman–Crippen LogP) is 2.94. The smallest absolute Gasteiger partial charge is 0.273 e. The highest BCUT2D eigenvalue weighted by Gasteiger charge is 2.32. The third-order valence-electron chi connectivity index (χ3n) is 4.24. The van der Waals surface area contributed by atoms with Gasteiger partial charge >= 0.3 is 0 Å². The molecule has 0 saturated carbocycles. The number of amides is 1. The number of aryl methyl sites for hydroxylation is 1. The second-order valence-corrected chi connectivity index (χ2v) is 6.67. The number of aliphatic hydroxyl groups is 1. The van der Waals surface area contributed by atoms with Gasteiger partial charge in [-0.15, -0.1) is 11.3 Å². The van der Waals surface area contributed by atoms with Crippen molar-refractivity contribution >= 4 is 17.2 Å². The monoisotopic (exact) mass is 320 g/mol. The Bertz CT molecular complexity index is 664. The van der Waals surface area contributed by atoms with Crippen LogP contribution in [0.5, 0.6) is 0 Å². The standard InChI is InChI=1S/C16H20N2O3S/c1-10-4-3-7-18(13(10)8-19)16(20)12-9-22-15(17-12)14-6-5-11(2)21-14/h5-6,9-10,13,19H,3-4,7-8H2,1-2H3. The predicted molar refractivity (Wildman–Crippen MR) is 84.9 cm³/mol. The zero-order valence-corrected chi connectivity index (χ0v) is 13.6. The topological polar surface area (TPSA) is 66.6 Å². The first-order valence-corrected chi connectivity index (χ1v) is 8.42. The van der Waals surface area contributed by atoms with Gasteiger partial charge in [0.15, 0.2) is 10.8 Å². The third-order valence-corrected chi connectivity index (χ3v) is 5.09. The van der Waals surface area contributed by atoms with Crippen molar-refractivity contribution in [3.05, 3.63) is 29.0 Å². The number of carbonyl (C=O) groups excluding carboxylic acids is 1. The van der Waals surface area contributed by atoms with Gasteiger partial charge in [0, 0.05) is 11.9 Å². The van der Waals surface area contributed by atoms with Crippen LogP contribution in [-0.4, -0.2) is 40.1 Å². The molecule has 0 aliphatic carbocycles. The molecule has 1 saturated heterocycles. The molecule has 3 heterocycles. The lowest BCUT2D eigenvalue weighted by Gasteiger charge is -2.38. The van der Waals surface area contributed by atoms with Crippen molar-refractivity contribution in [1.29, 1.82) is 0 Å². The molecule has 1 fully saturated rings. The summed E-state index contributed by atoms with van der Waals surface area (Å²) in [6.45, 7) is 4.64. The zero-order valence-electron chi connectivity index (χ0n) is 12.8. The number of piperidine rings is 1. The molecule has 1 aliphatic rings. The van der Waals surface area contributed by atoms with Crippen LogP contribution < -0.4 is 0 Å². The highest BCUT2D eigenvalue weighted by molar-refractivity contribution is 7.13. The van der Waals surface area contributed by atoms with E-state index in [1.807, 2.05) is 19.1 Å². The molecule has 0 radical (unpaired) electrons. The summed E-state index contributed by atoms with van der Waals surface area (Å²) in [5, 5.41) is 12.1. The second-order valence-electron chi connectivity index (χ2n) is 5.82. The van der Waals surface area contributed by atoms with Crippen LogP contribution in [0.2, 0.25) is 0 Å². The molecule has 1 N–H and O–H groups in total. The average Bonchev–Trinajstić information content (AvgIpc) is 3.15. The van der Waals surface area contributed by atoms with Gasteiger partial charge in [-0.2, -0.15) is 0 Å². The Kier molecular flexibility index (Phi) is 4.31. The summed E-state index contributed by atoms with van der Waals surface area (Å²) in [6, 6.07) is 3.63. The molecule has 3 rings (SSSR count). The first kappa shape index (κ1) is 15.2. The minimum Gasteiger partial charge on any atom is -0.459 e. The summed E-state index contributed by atoms with van der Waals surface area (Å²) in [4.78, 5) is 18.9. The Morgan fingerprint density at radius 1 is 1.55 bits per heavy atom. The van der Waals surface area contributed by atoms with Crippen molar-refractivity contribution in [3.8, 4) is 10.8 Å². The van der Waals surface area contributed by atoms with Gasteiger partial charge in [-0.3, -0.25) is 4.79 Å². The Balaban J connectivity index is 1.81. The van der Waals surface area contributed by atoms with Gasteiger partial charge in [0.05, 0.1) is 12.6 Å². The minimum absolute atomic E-state index is 0.00127. The summed E-state index contributed by atoms with van der Waals surface area (Å²) < 4.78 is 5.55. The summed E-state index contributed by atoms with van der Waals surface area (Å²) in [5.74, 6) is 1.72. The molecular weight excluding hydrogens is 300 g/mol. The summed E-state index contributed by atoms with van der Waals surface area (Å²) in [7, 11) is 0. The van der Waals surface area contributed by atoms with Crippen molar-refractivity contribution in [3.63, 3.8) is 0 Å². The Morgan fingerprint density at radius 2 is 2.36 bits per heavy atom. The second kappa shape index (κ2) is 6.22. The fourth-order valence-corrected chi connectivity index (χ4v) is 3.72. The number of rotatable bonds is 3. The molecule has 0 bridgehead atoms. The van der Waals surface area contributed by atoms with E-state index in [9.17, 15) is 9.90 Å². The van der Waals surface area contributed by atoms with E-state index in [-0.39, 0.29) is 18.6 Å². The molecule has 0 spiro atoms. The van der Waals surface area contributed by atoms with Crippen molar-refractivity contribution in [2.45, 2.75) is 32.7 Å². The highest BCUT2D eigenvalue weighted by Crippen LogP contribution is 2.28. The van der Waals surface area contributed by atoms with Crippen molar-refractivity contribution in [2.24, 2.45) is 5.92 Å². The van der Waals surface area contributed by atoms with E-state index in [0.29, 0.717) is 28.9 Å². The number of carbonyl (C=O) groups is 1. The number of aliphatic hydroxyl groups excluding tert-OH is 1. The quantitative estimate of drug-likeness (QED) is 0.944. The zero-order chi connectivity index (χ0) is 15.7. The van der Waals surface area contributed by atoms with E-state index < -0.39 is 0 Å². The normalized spacial score (nSPS) is 22.0. The molecule has 2 aromatic heterocycles. The number of likely N-dealkylation sites (tertiary alicyclic amines) is 1. The molecule has 1 aliphatic heterocycles. The van der Waals surface area contributed by atoms with E-state index in [2.05, 4.69) is 11.9 Å². The summed E-state index contributed by atoms with van der Waals surface area (Å²) in [6.07, 6.45) is 2.01. The largest absolute Gasteiger partial charge is 0.459 e. The number of furan rings is 1. The molecule has 22 heavy (non-hydrogen) atoms. The van der Waals surface area contributed by atoms with E-state index in [1.165, 1.54) is 11.3 Å². The van der Waals surface area contributed by atoms with Crippen LogP contribution >= 0.6 is 11.3 Å². The lowest BCUT2D eigenvalue weighted by Crippen LogP contribution is -2.49. The molecular formula is C16H20N2O3S. The number of aromatic nitrogens is 1. The lowest BCUT2D eigenvalue weighted by molar-refractivity contribution is 0.0354. The van der Waals surface area contributed by atoms with Crippen LogP contribution in [0.1, 0.15) is 36.0 Å². The van der Waals surface area contributed by atoms with Crippen molar-refractivity contribution in [2.75, 3.05) is 13.2 Å². The maximum Gasteiger partial charge on any atom is 0.273 e. The number of hydrogen-bond donors (Lipinski definition) is 1. The van der Waals surface area contributed by atoms with E-state index in [1.54, 1.807) is 10.3 Å². The van der Waals surface area contributed by atoms with Crippen molar-refractivity contribution < 1.29 is 14.3 Å². The number of hydrogen-bond acceptors (Lipinski definition) is 5. The molecule has 6 heteroatoms. The molecule has 2 atom stereocenters. The molecule has 5 nitrogen and oxygen atoms in total. The third kappa shape index (κ3) is 2.80. The molecule has 1 amide bonds. The summed E-state index contributed by atoms with van der Waals surface area (Å²) in [5.41, 5.74) is 0.432. The number of thiazole rings is 1. The van der Waals surface area contributed by atoms with Crippen LogP contribution in [0.15, 0.2) is 21.9 Å². The van der Waals surface area contributed by atoms with Gasteiger partial charge in [0.1, 0.15) is 11.5 Å².